The molecule has 1 amide bonds. The van der Waals surface area contributed by atoms with Gasteiger partial charge in [-0.25, -0.2) is 0 Å². The van der Waals surface area contributed by atoms with Crippen LogP contribution in [0.15, 0.2) is 4.52 Å². The van der Waals surface area contributed by atoms with Crippen LogP contribution < -0.4 is 5.32 Å². The first-order chi connectivity index (χ1) is 11.8. The summed E-state index contributed by atoms with van der Waals surface area (Å²) < 4.78 is 10.9. The fraction of sp³-hybridized carbons (Fsp3) is 0.824. The molecule has 1 aromatic heterocycles. The molecule has 0 bridgehead atoms. The third-order valence-corrected chi connectivity index (χ3v) is 5.27. The van der Waals surface area contributed by atoms with Crippen molar-refractivity contribution in [2.75, 3.05) is 26.2 Å². The van der Waals surface area contributed by atoms with Crippen molar-refractivity contribution in [3.63, 3.8) is 0 Å². The summed E-state index contributed by atoms with van der Waals surface area (Å²) in [7, 11) is 0. The molecule has 4 rings (SSSR count). The van der Waals surface area contributed by atoms with Crippen LogP contribution in [-0.2, 0) is 16.1 Å². The second kappa shape index (κ2) is 7.19. The number of piperidine rings is 1. The molecule has 1 aromatic rings. The van der Waals surface area contributed by atoms with Crippen molar-refractivity contribution in [1.82, 2.24) is 20.4 Å². The van der Waals surface area contributed by atoms with Crippen molar-refractivity contribution >= 4 is 5.91 Å². The van der Waals surface area contributed by atoms with Crippen molar-refractivity contribution < 1.29 is 14.1 Å². The fourth-order valence-electron chi connectivity index (χ4n) is 3.55. The van der Waals surface area contributed by atoms with E-state index >= 15 is 0 Å². The summed E-state index contributed by atoms with van der Waals surface area (Å²) in [5.74, 6) is 2.40. The van der Waals surface area contributed by atoms with Gasteiger partial charge < -0.3 is 14.6 Å². The van der Waals surface area contributed by atoms with Crippen LogP contribution in [-0.4, -0.2) is 53.3 Å². The Hall–Kier alpha value is -1.47. The van der Waals surface area contributed by atoms with E-state index in [4.69, 9.17) is 9.26 Å². The molecule has 24 heavy (non-hydrogen) atoms. The van der Waals surface area contributed by atoms with Crippen molar-refractivity contribution in [2.45, 2.75) is 57.1 Å². The van der Waals surface area contributed by atoms with Crippen molar-refractivity contribution in [3.8, 4) is 0 Å². The SMILES string of the molecule is O=C(NCC1CCCO1)C1CCN(Cc2nc(C3CC3)no2)CC1. The summed E-state index contributed by atoms with van der Waals surface area (Å²) in [6.07, 6.45) is 6.54. The van der Waals surface area contributed by atoms with Gasteiger partial charge in [-0.05, 0) is 51.6 Å². The van der Waals surface area contributed by atoms with Crippen LogP contribution in [0.1, 0.15) is 56.2 Å². The maximum absolute atomic E-state index is 12.3. The molecule has 1 unspecified atom stereocenters. The Balaban J connectivity index is 1.18. The zero-order valence-corrected chi connectivity index (χ0v) is 14.1. The summed E-state index contributed by atoms with van der Waals surface area (Å²) in [5, 5.41) is 7.12. The lowest BCUT2D eigenvalue weighted by atomic mass is 9.96. The van der Waals surface area contributed by atoms with Gasteiger partial charge in [-0.15, -0.1) is 0 Å². The number of aromatic nitrogens is 2. The van der Waals surface area contributed by atoms with Crippen LogP contribution in [0.5, 0.6) is 0 Å². The largest absolute Gasteiger partial charge is 0.376 e. The van der Waals surface area contributed by atoms with Gasteiger partial charge in [0.2, 0.25) is 11.8 Å². The Kier molecular flexibility index (Phi) is 4.80. The molecule has 3 fully saturated rings. The van der Waals surface area contributed by atoms with E-state index < -0.39 is 0 Å². The lowest BCUT2D eigenvalue weighted by Crippen LogP contribution is -2.42. The average Bonchev–Trinajstić information content (AvgIpc) is 3.13. The number of hydrogen-bond donors (Lipinski definition) is 1. The Morgan fingerprint density at radius 3 is 2.75 bits per heavy atom. The molecule has 3 aliphatic rings. The molecule has 2 saturated heterocycles. The zero-order valence-electron chi connectivity index (χ0n) is 14.1. The lowest BCUT2D eigenvalue weighted by molar-refractivity contribution is -0.127. The minimum absolute atomic E-state index is 0.118. The minimum atomic E-state index is 0.118. The summed E-state index contributed by atoms with van der Waals surface area (Å²) in [6, 6.07) is 0. The van der Waals surface area contributed by atoms with Gasteiger partial charge in [0.05, 0.1) is 12.6 Å². The number of carbonyl (C=O) groups is 1. The highest BCUT2D eigenvalue weighted by Crippen LogP contribution is 2.38. The highest BCUT2D eigenvalue weighted by Gasteiger charge is 2.30. The molecule has 7 nitrogen and oxygen atoms in total. The number of carbonyl (C=O) groups excluding carboxylic acids is 1. The predicted molar refractivity (Wildman–Crippen MR) is 86.3 cm³/mol. The number of hydrogen-bond acceptors (Lipinski definition) is 6. The molecule has 1 saturated carbocycles. The average molecular weight is 334 g/mol. The van der Waals surface area contributed by atoms with Gasteiger partial charge in [0.1, 0.15) is 0 Å². The molecule has 2 aliphatic heterocycles. The van der Waals surface area contributed by atoms with Gasteiger partial charge in [-0.2, -0.15) is 4.98 Å². The highest BCUT2D eigenvalue weighted by atomic mass is 16.5. The summed E-state index contributed by atoms with van der Waals surface area (Å²) in [6.45, 7) is 3.99. The van der Waals surface area contributed by atoms with Gasteiger partial charge in [-0.1, -0.05) is 5.16 Å². The van der Waals surface area contributed by atoms with E-state index in [1.165, 1.54) is 12.8 Å². The van der Waals surface area contributed by atoms with Crippen LogP contribution in [0.4, 0.5) is 0 Å². The first-order valence-corrected chi connectivity index (χ1v) is 9.22. The molecule has 132 valence electrons. The van der Waals surface area contributed by atoms with Crippen molar-refractivity contribution in [2.24, 2.45) is 5.92 Å². The molecular weight excluding hydrogens is 308 g/mol. The zero-order chi connectivity index (χ0) is 16.4. The van der Waals surface area contributed by atoms with E-state index in [1.54, 1.807) is 0 Å². The van der Waals surface area contributed by atoms with Crippen LogP contribution in [0.25, 0.3) is 0 Å². The quantitative estimate of drug-likeness (QED) is 0.848. The minimum Gasteiger partial charge on any atom is -0.376 e. The lowest BCUT2D eigenvalue weighted by Gasteiger charge is -2.30. The van der Waals surface area contributed by atoms with Crippen LogP contribution >= 0.6 is 0 Å². The first kappa shape index (κ1) is 16.0. The van der Waals surface area contributed by atoms with E-state index in [0.29, 0.717) is 24.9 Å². The number of rotatable bonds is 6. The van der Waals surface area contributed by atoms with Crippen molar-refractivity contribution in [3.05, 3.63) is 11.7 Å². The Morgan fingerprint density at radius 2 is 2.04 bits per heavy atom. The maximum Gasteiger partial charge on any atom is 0.240 e. The first-order valence-electron chi connectivity index (χ1n) is 9.22. The van der Waals surface area contributed by atoms with Crippen molar-refractivity contribution in [1.29, 1.82) is 0 Å². The third-order valence-electron chi connectivity index (χ3n) is 5.27. The maximum atomic E-state index is 12.3. The predicted octanol–water partition coefficient (Wildman–Crippen LogP) is 1.45. The van der Waals surface area contributed by atoms with Gasteiger partial charge >= 0.3 is 0 Å². The van der Waals surface area contributed by atoms with Gasteiger partial charge in [0.15, 0.2) is 5.82 Å². The van der Waals surface area contributed by atoms with E-state index in [9.17, 15) is 4.79 Å². The Morgan fingerprint density at radius 1 is 1.21 bits per heavy atom. The molecule has 1 atom stereocenters. The monoisotopic (exact) mass is 334 g/mol. The molecule has 0 spiro atoms. The molecular formula is C17H26N4O3. The molecule has 7 heteroatoms. The molecule has 0 aromatic carbocycles. The molecule has 1 N–H and O–H groups in total. The number of ether oxygens (including phenoxy) is 1. The van der Waals surface area contributed by atoms with Crippen LogP contribution in [0.2, 0.25) is 0 Å². The van der Waals surface area contributed by atoms with Crippen LogP contribution in [0, 0.1) is 5.92 Å². The Bertz CT molecular complexity index is 558. The smallest absolute Gasteiger partial charge is 0.240 e. The van der Waals surface area contributed by atoms with Gasteiger partial charge in [-0.3, -0.25) is 9.69 Å². The van der Waals surface area contributed by atoms with Gasteiger partial charge in [0.25, 0.3) is 0 Å². The standard InChI is InChI=1S/C17H26N4O3/c22-17(18-10-14-2-1-9-23-14)13-5-7-21(8-6-13)11-15-19-16(20-24-15)12-3-4-12/h12-14H,1-11H2,(H,18,22). The third kappa shape index (κ3) is 3.95. The highest BCUT2D eigenvalue weighted by molar-refractivity contribution is 5.78. The number of nitrogens with one attached hydrogen (secondary N) is 1. The summed E-state index contributed by atoms with van der Waals surface area (Å²) in [5.41, 5.74) is 0. The van der Waals surface area contributed by atoms with Gasteiger partial charge in [0, 0.05) is 25.0 Å². The number of likely N-dealkylation sites (tertiary alicyclic amines) is 1. The second-order valence-corrected chi connectivity index (χ2v) is 7.25. The topological polar surface area (TPSA) is 80.5 Å². The normalized spacial score (nSPS) is 25.9. The second-order valence-electron chi connectivity index (χ2n) is 7.25. The van der Waals surface area contributed by atoms with Crippen LogP contribution in [0.3, 0.4) is 0 Å². The van der Waals surface area contributed by atoms with E-state index in [0.717, 1.165) is 51.2 Å². The van der Waals surface area contributed by atoms with E-state index in [1.807, 2.05) is 0 Å². The van der Waals surface area contributed by atoms with E-state index in [-0.39, 0.29) is 17.9 Å². The van der Waals surface area contributed by atoms with E-state index in [2.05, 4.69) is 20.4 Å². The summed E-state index contributed by atoms with van der Waals surface area (Å²) >= 11 is 0. The number of nitrogens with zero attached hydrogens (tertiary/aromatic N) is 3. The molecule has 3 heterocycles. The molecule has 0 radical (unpaired) electrons. The fourth-order valence-corrected chi connectivity index (χ4v) is 3.55. The number of amides is 1. The molecule has 1 aliphatic carbocycles. The summed E-state index contributed by atoms with van der Waals surface area (Å²) in [4.78, 5) is 19.1. The Labute approximate surface area is 142 Å².